The van der Waals surface area contributed by atoms with E-state index in [1.165, 1.54) is 19.9 Å². The first-order valence-electron chi connectivity index (χ1n) is 40.2. The van der Waals surface area contributed by atoms with E-state index in [9.17, 15) is 38.5 Å². The largest absolute Gasteiger partial charge is 0.497 e. The van der Waals surface area contributed by atoms with Gasteiger partial charge in [0.15, 0.2) is 0 Å². The Balaban J connectivity index is 0.000000121. The summed E-state index contributed by atoms with van der Waals surface area (Å²) in [6.07, 6.45) is 6.36. The van der Waals surface area contributed by atoms with Gasteiger partial charge in [-0.25, -0.2) is 38.5 Å². The molecule has 0 radical (unpaired) electrons. The van der Waals surface area contributed by atoms with Crippen LogP contribution in [-0.4, -0.2) is 237 Å². The van der Waals surface area contributed by atoms with Crippen LogP contribution in [0.15, 0.2) is 201 Å². The van der Waals surface area contributed by atoms with Crippen molar-refractivity contribution in [3.05, 3.63) is 187 Å². The number of thiophene rings is 1. The quantitative estimate of drug-likeness (QED) is 0.0637. The first kappa shape index (κ1) is 86.4. The number of ether oxygens (including phenoxy) is 9. The summed E-state index contributed by atoms with van der Waals surface area (Å²) in [5.74, 6) is 3.00. The van der Waals surface area contributed by atoms with Crippen molar-refractivity contribution >= 4 is 78.9 Å². The third kappa shape index (κ3) is 19.0. The summed E-state index contributed by atoms with van der Waals surface area (Å²) in [5.41, 5.74) is 0.185. The van der Waals surface area contributed by atoms with Gasteiger partial charge in [-0.05, 0) is 123 Å². The number of methoxy groups -OCH3 is 3. The molecule has 5 N–H and O–H groups in total. The summed E-state index contributed by atoms with van der Waals surface area (Å²) in [6, 6.07) is 51.9. The van der Waals surface area contributed by atoms with Gasteiger partial charge in [0.1, 0.15) is 67.2 Å². The number of urea groups is 1. The lowest BCUT2D eigenvalue weighted by molar-refractivity contribution is -0.0942. The molecule has 9 fully saturated rings. The molecule has 1 aromatic heterocycles. The normalized spacial score (nSPS) is 21.7. The number of anilines is 2. The Morgan fingerprint density at radius 2 is 0.924 bits per heavy atom. The van der Waals surface area contributed by atoms with E-state index in [2.05, 4.69) is 45.3 Å². The maximum atomic E-state index is 13.2. The number of benzene rings is 7. The molecule has 11 heterocycles. The van der Waals surface area contributed by atoms with Crippen molar-refractivity contribution in [1.82, 2.24) is 44.0 Å². The van der Waals surface area contributed by atoms with Crippen LogP contribution in [0.5, 0.6) is 28.7 Å². The Bertz CT molecular complexity index is 5150. The highest BCUT2D eigenvalue weighted by atomic mass is 32.2. The van der Waals surface area contributed by atoms with Crippen molar-refractivity contribution < 1.29 is 81.1 Å². The molecule has 1 atom stereocenters. The monoisotopic (exact) mass is 1720 g/mol. The second kappa shape index (κ2) is 37.2. The lowest BCUT2D eigenvalue weighted by atomic mass is 9.94. The van der Waals surface area contributed by atoms with Gasteiger partial charge in [0.05, 0.1) is 69.8 Å². The summed E-state index contributed by atoms with van der Waals surface area (Å²) >= 11 is 1.48. The fourth-order valence-electron chi connectivity index (χ4n) is 16.7. The fraction of sp³-hybridized carbons (Fsp3) is 0.464. The second-order valence-electron chi connectivity index (χ2n) is 30.5. The lowest BCUT2D eigenvalue weighted by Crippen LogP contribution is -2.55. The molecule has 10 aliphatic rings. The van der Waals surface area contributed by atoms with Crippen LogP contribution in [0.4, 0.5) is 16.2 Å². The average molecular weight is 1720 g/mol. The summed E-state index contributed by atoms with van der Waals surface area (Å²) in [7, 11) is -9.55. The number of rotatable bonds is 15. The summed E-state index contributed by atoms with van der Waals surface area (Å²) in [4.78, 5) is 17.6. The summed E-state index contributed by atoms with van der Waals surface area (Å²) in [6.45, 7) is 16.6. The molecule has 118 heavy (non-hydrogen) atoms. The van der Waals surface area contributed by atoms with Crippen LogP contribution in [0, 0.1) is 0 Å². The van der Waals surface area contributed by atoms with Gasteiger partial charge in [0.2, 0.25) is 30.1 Å². The van der Waals surface area contributed by atoms with Gasteiger partial charge in [-0.15, -0.1) is 11.3 Å². The van der Waals surface area contributed by atoms with E-state index < -0.39 is 51.5 Å². The number of nitrogens with zero attached hydrogens (tertiary/aromatic N) is 6. The van der Waals surface area contributed by atoms with Crippen LogP contribution >= 0.6 is 11.3 Å². The van der Waals surface area contributed by atoms with Crippen molar-refractivity contribution in [2.75, 3.05) is 156 Å². The van der Waals surface area contributed by atoms with Gasteiger partial charge in [-0.1, -0.05) is 66.7 Å². The summed E-state index contributed by atoms with van der Waals surface area (Å²) < 4.78 is 162. The minimum absolute atomic E-state index is 0.0620. The predicted octanol–water partition coefficient (Wildman–Crippen LogP) is 10.2. The first-order valence-corrected chi connectivity index (χ1v) is 46.9. The van der Waals surface area contributed by atoms with Gasteiger partial charge in [-0.2, -0.15) is 12.9 Å². The van der Waals surface area contributed by atoms with Crippen molar-refractivity contribution in [2.45, 2.75) is 126 Å². The molecule has 636 valence electrons. The zero-order valence-electron chi connectivity index (χ0n) is 67.3. The minimum atomic E-state index is -3.65. The zero-order valence-corrected chi connectivity index (χ0v) is 71.4. The highest BCUT2D eigenvalue weighted by Crippen LogP contribution is 2.45. The third-order valence-electron chi connectivity index (χ3n) is 23.4. The molecule has 18 rings (SSSR count). The van der Waals surface area contributed by atoms with Crippen LogP contribution in [0.25, 0.3) is 10.1 Å². The molecule has 29 nitrogen and oxygen atoms in total. The Morgan fingerprint density at radius 1 is 0.441 bits per heavy atom. The van der Waals surface area contributed by atoms with Crippen LogP contribution in [0.1, 0.15) is 77.2 Å². The Labute approximate surface area is 696 Å². The number of piperidine rings is 4. The van der Waals surface area contributed by atoms with E-state index in [4.69, 9.17) is 42.6 Å². The number of sulfonamides is 4. The number of fused-ring (bicyclic) bond motifs is 3. The number of carbonyl (C=O) groups is 1. The molecular weight excluding hydrogens is 1610 g/mol. The summed E-state index contributed by atoms with van der Waals surface area (Å²) in [5, 5.41) is 19.0. The zero-order chi connectivity index (χ0) is 82.8. The van der Waals surface area contributed by atoms with E-state index in [-0.39, 0.29) is 33.0 Å². The van der Waals surface area contributed by atoms with E-state index >= 15 is 0 Å². The average Bonchev–Trinajstić information content (AvgIpc) is 1.14. The second-order valence-corrected chi connectivity index (χ2v) is 39.0. The molecule has 34 heteroatoms. The number of hydrogen-bond acceptors (Lipinski definition) is 24. The number of likely N-dealkylation sites (tertiary alicyclic amines) is 2. The number of nitrogens with one attached hydrogen (secondary N) is 5. The molecule has 10 aliphatic heterocycles. The molecule has 9 saturated heterocycles. The topological polar surface area (TPSA) is 316 Å². The van der Waals surface area contributed by atoms with E-state index in [1.807, 2.05) is 95.9 Å². The van der Waals surface area contributed by atoms with E-state index in [0.717, 1.165) is 85.8 Å². The molecule has 0 bridgehead atoms. The maximum Gasteiger partial charge on any atom is 0.321 e. The Hall–Kier alpha value is -7.95. The number of para-hydroxylation sites is 3. The number of amides is 2. The fourth-order valence-corrected chi connectivity index (χ4v) is 24.4. The molecule has 7 aromatic carbocycles. The predicted molar refractivity (Wildman–Crippen MR) is 449 cm³/mol. The van der Waals surface area contributed by atoms with Gasteiger partial charge >= 0.3 is 6.03 Å². The molecular formula is C84H107N11O18S5. The SMILES string of the molecule is COc1ccc(NC(=O)N2CCC3(CC2)NCCO3)cc1.COc1ccc(S(=O)(=O)N2CCC3(NCCO3)c3ccccc32)cc1.COc1ccc(S(=O)(=O)N2CCOC23CCN(C(C)C)CC3)cc1.O=S(=O)(c1ccccc1Oc1ccccc1)N1CCC2(CC1)NCCO2.O=S(=O)(c1csc2ccccc12)N1CCC2(CC1)NCCO2. The smallest absolute Gasteiger partial charge is 0.321 e. The molecule has 5 spiro atoms. The number of carbonyl (C=O) groups excluding carboxylic acids is 1. The van der Waals surface area contributed by atoms with Crippen LogP contribution < -0.4 is 49.8 Å². The molecule has 0 saturated carbocycles. The van der Waals surface area contributed by atoms with Crippen molar-refractivity contribution in [2.24, 2.45) is 0 Å². The van der Waals surface area contributed by atoms with Crippen molar-refractivity contribution in [1.29, 1.82) is 0 Å². The molecule has 8 aromatic rings. The highest BCUT2D eigenvalue weighted by Gasteiger charge is 2.52. The van der Waals surface area contributed by atoms with Crippen LogP contribution in [-0.2, 0) is 69.5 Å². The first-order chi connectivity index (χ1) is 56.9. The third-order valence-corrected chi connectivity index (χ3v) is 32.2. The van der Waals surface area contributed by atoms with Gasteiger partial charge in [0, 0.05) is 182 Å². The highest BCUT2D eigenvalue weighted by molar-refractivity contribution is 7.93. The lowest BCUT2D eigenvalue weighted by Gasteiger charge is -2.44. The molecule has 0 aliphatic carbocycles. The van der Waals surface area contributed by atoms with Crippen molar-refractivity contribution in [3.63, 3.8) is 0 Å². The van der Waals surface area contributed by atoms with Gasteiger partial charge < -0.3 is 57.7 Å². The Kier molecular flexibility index (Phi) is 27.2. The van der Waals surface area contributed by atoms with Gasteiger partial charge in [0.25, 0.3) is 10.0 Å². The standard InChI is InChI=1S/C19H22N2O4S.C18H20N2O4S.C17H26N2O4S.C15H21N3O3.C15H18N2O3S2/c22-26(23,21-13-10-19(11-14-21)20-12-15-24-19)18-9-5-4-8-17(18)25-16-6-2-1-3-7-16;1-23-14-6-8-15(9-7-14)25(21,22)20-12-10-18(19-11-13-24-18)16-4-2-3-5-17(16)20;1-14(2)18-10-8-17(9-11-18)19(12-13-23-17)24(20,21)16-6-4-15(22-3)5-7-16;1-20-13-4-2-12(3-5-13)17-14(19)18-9-6-15(7-10-18)16-8-11-21-15;18-22(19,14-11-21-13-4-2-1-3-12(13)14)17-8-5-15(6-9-17)16-7-10-20-15/h1-9,20H,10-15H2;2-9,19H,10-13H2,1H3;4-7,14H,8-13H2,1-3H3;2-5,16H,6-11H2,1H3,(H,17,19);1-4,11,16H,5-10H2. The van der Waals surface area contributed by atoms with Crippen molar-refractivity contribution in [3.8, 4) is 28.7 Å². The Morgan fingerprint density at radius 3 is 1.46 bits per heavy atom. The number of hydrogen-bond donors (Lipinski definition) is 5. The van der Waals surface area contributed by atoms with Gasteiger partial charge in [-0.3, -0.25) is 25.6 Å². The molecule has 1 unspecified atom stereocenters. The van der Waals surface area contributed by atoms with Crippen LogP contribution in [0.2, 0.25) is 0 Å². The van der Waals surface area contributed by atoms with E-state index in [1.54, 1.807) is 120 Å². The molecule has 2 amide bonds. The van der Waals surface area contributed by atoms with Crippen LogP contribution in [0.3, 0.4) is 0 Å². The van der Waals surface area contributed by atoms with E-state index in [0.29, 0.717) is 168 Å². The minimum Gasteiger partial charge on any atom is -0.497 e. The maximum absolute atomic E-state index is 13.2.